The molecule has 0 heterocycles. The fourth-order valence-electron chi connectivity index (χ4n) is 1.77. The maximum atomic E-state index is 11.6. The molecule has 92 valence electrons. The van der Waals surface area contributed by atoms with Gasteiger partial charge in [0.25, 0.3) is 6.48 Å². The second-order valence-corrected chi connectivity index (χ2v) is 3.66. The number of carbonyl (C=O) groups excluding carboxylic acids is 1. The number of methoxy groups -OCH3 is 2. The topological polar surface area (TPSA) is 82.1 Å². The quantitative estimate of drug-likeness (QED) is 0.522. The van der Waals surface area contributed by atoms with Gasteiger partial charge < -0.3 is 19.3 Å². The van der Waals surface area contributed by atoms with E-state index in [1.165, 1.54) is 14.2 Å². The van der Waals surface area contributed by atoms with E-state index in [-0.39, 0.29) is 18.3 Å². The van der Waals surface area contributed by atoms with E-state index >= 15 is 0 Å². The van der Waals surface area contributed by atoms with Crippen LogP contribution in [0.4, 0.5) is 0 Å². The Labute approximate surface area is 93.5 Å². The molecule has 2 unspecified atom stereocenters. The van der Waals surface area contributed by atoms with Gasteiger partial charge in [-0.2, -0.15) is 0 Å². The highest BCUT2D eigenvalue weighted by atomic mass is 16.8. The zero-order chi connectivity index (χ0) is 12.1. The Bertz CT molecular complexity index is 260. The van der Waals surface area contributed by atoms with Gasteiger partial charge in [0.1, 0.15) is 5.92 Å². The minimum Gasteiger partial charge on any atom is -0.481 e. The number of ketones is 1. The monoisotopic (exact) mass is 232 g/mol. The number of rotatable bonds is 6. The molecule has 1 rings (SSSR count). The number of carboxylic acids is 1. The highest BCUT2D eigenvalue weighted by Crippen LogP contribution is 2.28. The van der Waals surface area contributed by atoms with Gasteiger partial charge in [-0.05, 0) is 12.8 Å². The van der Waals surface area contributed by atoms with Gasteiger partial charge in [-0.3, -0.25) is 9.59 Å². The molecule has 0 bridgehead atoms. The molecular weight excluding hydrogens is 216 g/mol. The summed E-state index contributed by atoms with van der Waals surface area (Å²) in [5.41, 5.74) is 0. The van der Waals surface area contributed by atoms with Gasteiger partial charge in [0, 0.05) is 20.1 Å². The first kappa shape index (κ1) is 13.1. The first-order valence-electron chi connectivity index (χ1n) is 5.03. The number of Topliss-reactive ketones (excluding diaryl/α,β-unsaturated/α-hetero) is 1. The molecule has 0 aromatic carbocycles. The summed E-state index contributed by atoms with van der Waals surface area (Å²) in [6.07, 6.45) is 0.919. The van der Waals surface area contributed by atoms with Crippen LogP contribution in [0.2, 0.25) is 0 Å². The Hall–Kier alpha value is -0.980. The molecule has 1 fully saturated rings. The second-order valence-electron chi connectivity index (χ2n) is 3.66. The average Bonchev–Trinajstić information content (AvgIpc) is 2.62. The van der Waals surface area contributed by atoms with E-state index in [0.29, 0.717) is 12.8 Å². The van der Waals surface area contributed by atoms with E-state index in [1.807, 2.05) is 0 Å². The Kier molecular flexibility index (Phi) is 4.85. The van der Waals surface area contributed by atoms with E-state index in [1.54, 1.807) is 0 Å². The molecule has 1 saturated carbocycles. The number of hydrogen-bond acceptors (Lipinski definition) is 5. The zero-order valence-electron chi connectivity index (χ0n) is 9.34. The SMILES string of the molecule is COC(OC)OCC1CCC(C(=O)O)C1=O. The third kappa shape index (κ3) is 3.01. The molecule has 1 aliphatic rings. The zero-order valence-corrected chi connectivity index (χ0v) is 9.34. The smallest absolute Gasteiger partial charge is 0.314 e. The van der Waals surface area contributed by atoms with Crippen molar-refractivity contribution in [3.8, 4) is 0 Å². The normalized spacial score (nSPS) is 25.3. The number of carbonyl (C=O) groups is 2. The summed E-state index contributed by atoms with van der Waals surface area (Å²) >= 11 is 0. The second kappa shape index (κ2) is 5.93. The van der Waals surface area contributed by atoms with Crippen LogP contribution in [0.1, 0.15) is 12.8 Å². The van der Waals surface area contributed by atoms with Crippen molar-refractivity contribution in [2.75, 3.05) is 20.8 Å². The Balaban J connectivity index is 2.40. The van der Waals surface area contributed by atoms with Crippen LogP contribution in [-0.2, 0) is 23.8 Å². The molecule has 1 N–H and O–H groups in total. The van der Waals surface area contributed by atoms with E-state index < -0.39 is 18.4 Å². The summed E-state index contributed by atoms with van der Waals surface area (Å²) in [6, 6.07) is 0. The van der Waals surface area contributed by atoms with Crippen LogP contribution >= 0.6 is 0 Å². The fraction of sp³-hybridized carbons (Fsp3) is 0.800. The summed E-state index contributed by atoms with van der Waals surface area (Å²) in [5, 5.41) is 8.76. The lowest BCUT2D eigenvalue weighted by atomic mass is 10.0. The molecule has 2 atom stereocenters. The first-order valence-corrected chi connectivity index (χ1v) is 5.03. The minimum atomic E-state index is -1.05. The largest absolute Gasteiger partial charge is 0.481 e. The molecule has 16 heavy (non-hydrogen) atoms. The molecule has 6 heteroatoms. The van der Waals surface area contributed by atoms with Crippen molar-refractivity contribution in [3.05, 3.63) is 0 Å². The highest BCUT2D eigenvalue weighted by Gasteiger charge is 2.39. The van der Waals surface area contributed by atoms with Gasteiger partial charge >= 0.3 is 5.97 Å². The van der Waals surface area contributed by atoms with Gasteiger partial charge in [-0.25, -0.2) is 0 Å². The van der Waals surface area contributed by atoms with E-state index in [0.717, 1.165) is 0 Å². The van der Waals surface area contributed by atoms with Crippen molar-refractivity contribution >= 4 is 11.8 Å². The predicted octanol–water partition coefficient (Wildman–Crippen LogP) is 0.259. The van der Waals surface area contributed by atoms with Crippen LogP contribution in [0.25, 0.3) is 0 Å². The van der Waals surface area contributed by atoms with Crippen LogP contribution in [0.3, 0.4) is 0 Å². The van der Waals surface area contributed by atoms with Crippen LogP contribution in [0, 0.1) is 11.8 Å². The number of hydrogen-bond donors (Lipinski definition) is 1. The maximum Gasteiger partial charge on any atom is 0.314 e. The number of aliphatic carboxylic acids is 1. The van der Waals surface area contributed by atoms with Crippen molar-refractivity contribution in [3.63, 3.8) is 0 Å². The summed E-state index contributed by atoms with van der Waals surface area (Å²) in [7, 11) is 2.84. The van der Waals surface area contributed by atoms with Gasteiger partial charge in [0.05, 0.1) is 6.61 Å². The maximum absolute atomic E-state index is 11.6. The van der Waals surface area contributed by atoms with Crippen molar-refractivity contribution in [1.29, 1.82) is 0 Å². The molecule has 0 aromatic rings. The van der Waals surface area contributed by atoms with Gasteiger partial charge in [0.15, 0.2) is 5.78 Å². The third-order valence-electron chi connectivity index (χ3n) is 2.67. The lowest BCUT2D eigenvalue weighted by Gasteiger charge is -2.16. The molecule has 0 spiro atoms. The molecule has 0 radical (unpaired) electrons. The van der Waals surface area contributed by atoms with E-state index in [2.05, 4.69) is 0 Å². The van der Waals surface area contributed by atoms with Crippen LogP contribution in [0.5, 0.6) is 0 Å². The highest BCUT2D eigenvalue weighted by molar-refractivity contribution is 6.00. The summed E-state index contributed by atoms with van der Waals surface area (Å²) < 4.78 is 14.8. The molecule has 0 saturated heterocycles. The molecular formula is C10H16O6. The lowest BCUT2D eigenvalue weighted by molar-refractivity contribution is -0.268. The third-order valence-corrected chi connectivity index (χ3v) is 2.67. The Morgan fingerprint density at radius 3 is 2.50 bits per heavy atom. The van der Waals surface area contributed by atoms with E-state index in [9.17, 15) is 9.59 Å². The van der Waals surface area contributed by atoms with Gasteiger partial charge in [-0.15, -0.1) is 0 Å². The molecule has 0 aromatic heterocycles. The van der Waals surface area contributed by atoms with Crippen molar-refractivity contribution in [2.24, 2.45) is 11.8 Å². The number of carboxylic acid groups (broad SMARTS) is 1. The van der Waals surface area contributed by atoms with Crippen molar-refractivity contribution in [1.82, 2.24) is 0 Å². The summed E-state index contributed by atoms with van der Waals surface area (Å²) in [6.45, 7) is -0.675. The fourth-order valence-corrected chi connectivity index (χ4v) is 1.77. The molecule has 6 nitrogen and oxygen atoms in total. The van der Waals surface area contributed by atoms with Crippen molar-refractivity contribution in [2.45, 2.75) is 19.3 Å². The molecule has 0 amide bonds. The van der Waals surface area contributed by atoms with Gasteiger partial charge in [-0.1, -0.05) is 0 Å². The summed E-state index contributed by atoms with van der Waals surface area (Å²) in [4.78, 5) is 22.3. The average molecular weight is 232 g/mol. The standard InChI is InChI=1S/C10H16O6/c1-14-10(15-2)16-5-6-3-4-7(8(6)11)9(12)13/h6-7,10H,3-5H2,1-2H3,(H,12,13). The van der Waals surface area contributed by atoms with Crippen LogP contribution < -0.4 is 0 Å². The molecule has 0 aliphatic heterocycles. The number of ether oxygens (including phenoxy) is 3. The van der Waals surface area contributed by atoms with Gasteiger partial charge in [0.2, 0.25) is 0 Å². The van der Waals surface area contributed by atoms with Crippen molar-refractivity contribution < 1.29 is 28.9 Å². The Morgan fingerprint density at radius 2 is 2.06 bits per heavy atom. The first-order chi connectivity index (χ1) is 7.60. The van der Waals surface area contributed by atoms with Crippen LogP contribution in [-0.4, -0.2) is 44.2 Å². The lowest BCUT2D eigenvalue weighted by Crippen LogP contribution is -2.27. The minimum absolute atomic E-state index is 0.134. The van der Waals surface area contributed by atoms with Crippen LogP contribution in [0.15, 0.2) is 0 Å². The summed E-state index contributed by atoms with van der Waals surface area (Å²) in [5.74, 6) is -2.56. The Morgan fingerprint density at radius 1 is 1.44 bits per heavy atom. The van der Waals surface area contributed by atoms with E-state index in [4.69, 9.17) is 19.3 Å². The predicted molar refractivity (Wildman–Crippen MR) is 52.6 cm³/mol. The molecule has 1 aliphatic carbocycles.